The molecule has 0 radical (unpaired) electrons. The number of amidine groups is 1. The zero-order valence-electron chi connectivity index (χ0n) is 7.43. The lowest BCUT2D eigenvalue weighted by atomic mass is 9.81. The van der Waals surface area contributed by atoms with Gasteiger partial charge in [-0.2, -0.15) is 0 Å². The molecule has 0 bridgehead atoms. The molecule has 5 heteroatoms. The van der Waals surface area contributed by atoms with Crippen molar-refractivity contribution < 1.29 is 14.8 Å². The van der Waals surface area contributed by atoms with E-state index in [1.54, 1.807) is 0 Å². The van der Waals surface area contributed by atoms with E-state index in [1.807, 2.05) is 12.2 Å². The van der Waals surface area contributed by atoms with Crippen LogP contribution in [0.25, 0.3) is 0 Å². The first-order valence-electron chi connectivity index (χ1n) is 4.48. The van der Waals surface area contributed by atoms with E-state index in [-0.39, 0.29) is 17.8 Å². The van der Waals surface area contributed by atoms with Crippen LogP contribution in [0.3, 0.4) is 0 Å². The summed E-state index contributed by atoms with van der Waals surface area (Å²) in [5.41, 5.74) is 0. The number of fused-ring (bicyclic) bond motifs is 1. The van der Waals surface area contributed by atoms with Gasteiger partial charge in [-0.3, -0.25) is 9.59 Å². The molecular weight excluding hydrogens is 184 g/mol. The molecule has 2 unspecified atom stereocenters. The zero-order chi connectivity index (χ0) is 10.1. The van der Waals surface area contributed by atoms with Gasteiger partial charge in [-0.25, -0.2) is 0 Å². The van der Waals surface area contributed by atoms with E-state index in [9.17, 15) is 9.59 Å². The van der Waals surface area contributed by atoms with Crippen LogP contribution in [0.4, 0.5) is 0 Å². The molecule has 0 saturated carbocycles. The lowest BCUT2D eigenvalue weighted by Crippen LogP contribution is -2.55. The molecule has 2 atom stereocenters. The highest BCUT2D eigenvalue weighted by Crippen LogP contribution is 2.23. The quantitative estimate of drug-likeness (QED) is 0.243. The predicted molar refractivity (Wildman–Crippen MR) is 48.0 cm³/mol. The first kappa shape index (κ1) is 8.93. The number of carbonyl (C=O) groups excluding carboxylic acids is 2. The van der Waals surface area contributed by atoms with Crippen LogP contribution in [0.2, 0.25) is 0 Å². The minimum absolute atomic E-state index is 0.195. The van der Waals surface area contributed by atoms with Gasteiger partial charge in [-0.1, -0.05) is 17.3 Å². The Kier molecular flexibility index (Phi) is 2.07. The Morgan fingerprint density at radius 1 is 1.50 bits per heavy atom. The molecule has 2 N–H and O–H groups in total. The van der Waals surface area contributed by atoms with Crippen molar-refractivity contribution in [1.82, 2.24) is 5.32 Å². The fraction of sp³-hybridized carbons (Fsp3) is 0.444. The second-order valence-corrected chi connectivity index (χ2v) is 3.42. The molecule has 0 spiro atoms. The Balaban J connectivity index is 2.31. The van der Waals surface area contributed by atoms with Crippen molar-refractivity contribution in [2.45, 2.75) is 18.9 Å². The molecule has 1 aliphatic carbocycles. The first-order valence-corrected chi connectivity index (χ1v) is 4.48. The number of rotatable bonds is 0. The van der Waals surface area contributed by atoms with Gasteiger partial charge in [0.2, 0.25) is 11.6 Å². The number of hydrogen-bond donors (Lipinski definition) is 2. The van der Waals surface area contributed by atoms with E-state index in [1.165, 1.54) is 0 Å². The Hall–Kier alpha value is -1.65. The zero-order valence-corrected chi connectivity index (χ0v) is 7.43. The number of nitrogens with zero attached hydrogens (tertiary/aromatic N) is 1. The highest BCUT2D eigenvalue weighted by atomic mass is 16.4. The maximum Gasteiger partial charge on any atom is 0.267 e. The fourth-order valence-corrected chi connectivity index (χ4v) is 1.86. The van der Waals surface area contributed by atoms with Crippen LogP contribution in [-0.4, -0.2) is 28.7 Å². The molecule has 5 nitrogen and oxygen atoms in total. The van der Waals surface area contributed by atoms with Gasteiger partial charge in [0.15, 0.2) is 0 Å². The molecule has 1 aliphatic heterocycles. The highest BCUT2D eigenvalue weighted by Gasteiger charge is 2.40. The Bertz CT molecular complexity index is 346. The number of allylic oxidation sites excluding steroid dienone is 1. The smallest absolute Gasteiger partial charge is 0.267 e. The minimum atomic E-state index is -0.718. The largest absolute Gasteiger partial charge is 0.409 e. The van der Waals surface area contributed by atoms with E-state index in [4.69, 9.17) is 5.21 Å². The summed E-state index contributed by atoms with van der Waals surface area (Å²) in [4.78, 5) is 22.8. The van der Waals surface area contributed by atoms with Gasteiger partial charge in [-0.05, 0) is 12.8 Å². The molecule has 74 valence electrons. The molecule has 1 fully saturated rings. The number of piperidine rings is 1. The van der Waals surface area contributed by atoms with Crippen molar-refractivity contribution >= 4 is 17.4 Å². The average Bonchev–Trinajstić information content (AvgIpc) is 2.23. The van der Waals surface area contributed by atoms with Crippen molar-refractivity contribution in [2.75, 3.05) is 0 Å². The van der Waals surface area contributed by atoms with E-state index < -0.39 is 11.6 Å². The van der Waals surface area contributed by atoms with Gasteiger partial charge in [0.1, 0.15) is 0 Å². The lowest BCUT2D eigenvalue weighted by Gasteiger charge is -2.31. The number of Topliss-reactive ketones (excluding diaryl/α,β-unsaturated/α-hetero) is 2. The molecule has 14 heavy (non-hydrogen) atoms. The number of ketones is 2. The van der Waals surface area contributed by atoms with Gasteiger partial charge >= 0.3 is 0 Å². The summed E-state index contributed by atoms with van der Waals surface area (Å²) < 4.78 is 0. The Labute approximate surface area is 80.5 Å². The average molecular weight is 194 g/mol. The summed E-state index contributed by atoms with van der Waals surface area (Å²) in [6, 6.07) is -0.195. The molecule has 1 saturated heterocycles. The maximum atomic E-state index is 11.5. The van der Waals surface area contributed by atoms with Crippen LogP contribution in [0.1, 0.15) is 12.8 Å². The summed E-state index contributed by atoms with van der Waals surface area (Å²) in [7, 11) is 0. The van der Waals surface area contributed by atoms with Gasteiger partial charge in [0.05, 0.1) is 12.0 Å². The SMILES string of the molecule is O=C1C(=O)C2CCC=CC2NC1=NO. The third-order valence-electron chi connectivity index (χ3n) is 2.60. The summed E-state index contributed by atoms with van der Waals surface area (Å²) in [6.07, 6.45) is 5.28. The molecule has 2 rings (SSSR count). The van der Waals surface area contributed by atoms with E-state index in [0.29, 0.717) is 6.42 Å². The fourth-order valence-electron chi connectivity index (χ4n) is 1.86. The van der Waals surface area contributed by atoms with Gasteiger partial charge < -0.3 is 10.5 Å². The number of carbonyl (C=O) groups is 2. The van der Waals surface area contributed by atoms with E-state index in [0.717, 1.165) is 6.42 Å². The van der Waals surface area contributed by atoms with Crippen molar-refractivity contribution in [3.05, 3.63) is 12.2 Å². The van der Waals surface area contributed by atoms with Crippen LogP contribution in [0.15, 0.2) is 17.3 Å². The first-order chi connectivity index (χ1) is 6.74. The molecular formula is C9H10N2O3. The van der Waals surface area contributed by atoms with Crippen LogP contribution in [0.5, 0.6) is 0 Å². The molecule has 2 aliphatic rings. The maximum absolute atomic E-state index is 11.5. The summed E-state index contributed by atoms with van der Waals surface area (Å²) in [5, 5.41) is 14.0. The number of oxime groups is 1. The Morgan fingerprint density at radius 2 is 2.29 bits per heavy atom. The molecule has 0 amide bonds. The second kappa shape index (κ2) is 3.25. The van der Waals surface area contributed by atoms with Crippen LogP contribution < -0.4 is 5.32 Å². The molecule has 0 aromatic rings. The van der Waals surface area contributed by atoms with Crippen molar-refractivity contribution in [3.63, 3.8) is 0 Å². The topological polar surface area (TPSA) is 78.8 Å². The minimum Gasteiger partial charge on any atom is -0.409 e. The number of nitrogens with one attached hydrogen (secondary N) is 1. The normalized spacial score (nSPS) is 34.1. The monoisotopic (exact) mass is 194 g/mol. The standard InChI is InChI=1S/C9H10N2O3/c12-7-5-3-1-2-4-6(5)10-9(11-14)8(7)13/h2,4-6,14H,1,3H2,(H,10,11). The lowest BCUT2D eigenvalue weighted by molar-refractivity contribution is -0.137. The Morgan fingerprint density at radius 3 is 3.00 bits per heavy atom. The summed E-state index contributed by atoms with van der Waals surface area (Å²) in [6.45, 7) is 0. The predicted octanol–water partition coefficient (Wildman–Crippen LogP) is -0.150. The van der Waals surface area contributed by atoms with E-state index in [2.05, 4.69) is 10.5 Å². The molecule has 0 aromatic carbocycles. The van der Waals surface area contributed by atoms with Crippen molar-refractivity contribution in [1.29, 1.82) is 0 Å². The summed E-state index contributed by atoms with van der Waals surface area (Å²) >= 11 is 0. The third-order valence-corrected chi connectivity index (χ3v) is 2.60. The second-order valence-electron chi connectivity index (χ2n) is 3.42. The highest BCUT2D eigenvalue weighted by molar-refractivity contribution is 6.66. The summed E-state index contributed by atoms with van der Waals surface area (Å²) in [5.74, 6) is -1.71. The van der Waals surface area contributed by atoms with Gasteiger partial charge in [0.25, 0.3) is 5.78 Å². The third kappa shape index (κ3) is 1.21. The van der Waals surface area contributed by atoms with Crippen LogP contribution in [0, 0.1) is 5.92 Å². The van der Waals surface area contributed by atoms with Crippen LogP contribution in [-0.2, 0) is 9.59 Å². The van der Waals surface area contributed by atoms with Gasteiger partial charge in [-0.15, -0.1) is 0 Å². The van der Waals surface area contributed by atoms with Gasteiger partial charge in [0, 0.05) is 0 Å². The molecule has 1 heterocycles. The van der Waals surface area contributed by atoms with Crippen molar-refractivity contribution in [2.24, 2.45) is 11.1 Å². The van der Waals surface area contributed by atoms with Crippen molar-refractivity contribution in [3.8, 4) is 0 Å². The van der Waals surface area contributed by atoms with Crippen LogP contribution >= 0.6 is 0 Å². The van der Waals surface area contributed by atoms with E-state index >= 15 is 0 Å². The molecule has 0 aromatic heterocycles. The number of hydrogen-bond acceptors (Lipinski definition) is 4.